The smallest absolute Gasteiger partial charge is 0.340 e. The Labute approximate surface area is 107 Å². The number of methoxy groups -OCH3 is 1. The van der Waals surface area contributed by atoms with Gasteiger partial charge in [-0.3, -0.25) is 5.10 Å². The molecule has 0 unspecified atom stereocenters. The third-order valence-corrected chi connectivity index (χ3v) is 2.49. The van der Waals surface area contributed by atoms with Crippen LogP contribution >= 0.6 is 0 Å². The summed E-state index contributed by atoms with van der Waals surface area (Å²) in [6.07, 6.45) is 1.55. The van der Waals surface area contributed by atoms with Crippen LogP contribution in [0.15, 0.2) is 24.4 Å². The number of carbonyl (C=O) groups is 1. The van der Waals surface area contributed by atoms with Crippen LogP contribution in [0.1, 0.15) is 16.1 Å². The Morgan fingerprint density at radius 1 is 1.42 bits per heavy atom. The Hall–Kier alpha value is -2.44. The summed E-state index contributed by atoms with van der Waals surface area (Å²) in [7, 11) is 1.13. The Morgan fingerprint density at radius 3 is 2.84 bits per heavy atom. The molecule has 0 aliphatic heterocycles. The number of anilines is 1. The predicted octanol–water partition coefficient (Wildman–Crippen LogP) is 2.09. The first-order valence-electron chi connectivity index (χ1n) is 5.41. The first-order chi connectivity index (χ1) is 9.11. The van der Waals surface area contributed by atoms with Crippen LogP contribution < -0.4 is 5.32 Å². The zero-order valence-corrected chi connectivity index (χ0v) is 10.0. The molecule has 0 saturated heterocycles. The van der Waals surface area contributed by atoms with Gasteiger partial charge in [-0.15, -0.1) is 0 Å². The molecule has 7 heteroatoms. The van der Waals surface area contributed by atoms with Gasteiger partial charge in [-0.25, -0.2) is 13.6 Å². The zero-order chi connectivity index (χ0) is 13.8. The van der Waals surface area contributed by atoms with Crippen LogP contribution in [-0.2, 0) is 11.3 Å². The molecule has 2 N–H and O–H groups in total. The van der Waals surface area contributed by atoms with Gasteiger partial charge in [0.25, 0.3) is 0 Å². The first-order valence-corrected chi connectivity index (χ1v) is 5.41. The quantitative estimate of drug-likeness (QED) is 0.832. The van der Waals surface area contributed by atoms with E-state index in [1.165, 1.54) is 0 Å². The van der Waals surface area contributed by atoms with Gasteiger partial charge in [0.05, 0.1) is 30.6 Å². The average molecular weight is 267 g/mol. The third-order valence-electron chi connectivity index (χ3n) is 2.49. The summed E-state index contributed by atoms with van der Waals surface area (Å²) in [5, 5.41) is 9.16. The molecular formula is C12H11F2N3O2. The van der Waals surface area contributed by atoms with Gasteiger partial charge < -0.3 is 10.1 Å². The van der Waals surface area contributed by atoms with E-state index in [2.05, 4.69) is 20.3 Å². The number of rotatable bonds is 4. The van der Waals surface area contributed by atoms with Crippen LogP contribution in [0.2, 0.25) is 0 Å². The van der Waals surface area contributed by atoms with Gasteiger partial charge >= 0.3 is 5.97 Å². The minimum absolute atomic E-state index is 0.0106. The van der Waals surface area contributed by atoms with Gasteiger partial charge in [0.2, 0.25) is 0 Å². The summed E-state index contributed by atoms with van der Waals surface area (Å²) >= 11 is 0. The van der Waals surface area contributed by atoms with E-state index in [1.54, 1.807) is 12.3 Å². The maximum atomic E-state index is 13.5. The second-order valence-corrected chi connectivity index (χ2v) is 3.74. The summed E-state index contributed by atoms with van der Waals surface area (Å²) in [5.41, 5.74) is 0.413. The molecule has 1 heterocycles. The number of nitrogens with zero attached hydrogens (tertiary/aromatic N) is 1. The van der Waals surface area contributed by atoms with E-state index in [1.807, 2.05) is 0 Å². The zero-order valence-electron chi connectivity index (χ0n) is 10.0. The van der Waals surface area contributed by atoms with Crippen molar-refractivity contribution in [1.82, 2.24) is 10.2 Å². The van der Waals surface area contributed by atoms with Crippen molar-refractivity contribution in [3.63, 3.8) is 0 Å². The van der Waals surface area contributed by atoms with Crippen LogP contribution in [0, 0.1) is 11.6 Å². The Morgan fingerprint density at radius 2 is 2.21 bits per heavy atom. The molecule has 1 aromatic heterocycles. The van der Waals surface area contributed by atoms with Crippen molar-refractivity contribution in [1.29, 1.82) is 0 Å². The number of esters is 1. The Kier molecular flexibility index (Phi) is 3.74. The van der Waals surface area contributed by atoms with E-state index < -0.39 is 17.6 Å². The molecule has 0 bridgehead atoms. The van der Waals surface area contributed by atoms with E-state index in [0.29, 0.717) is 6.07 Å². The normalized spacial score (nSPS) is 10.3. The van der Waals surface area contributed by atoms with Crippen LogP contribution in [0.4, 0.5) is 14.5 Å². The van der Waals surface area contributed by atoms with E-state index in [-0.39, 0.29) is 17.8 Å². The van der Waals surface area contributed by atoms with E-state index >= 15 is 0 Å². The summed E-state index contributed by atoms with van der Waals surface area (Å²) < 4.78 is 31.4. The maximum absolute atomic E-state index is 13.5. The highest BCUT2D eigenvalue weighted by molar-refractivity contribution is 5.90. The predicted molar refractivity (Wildman–Crippen MR) is 63.6 cm³/mol. The number of ether oxygens (including phenoxy) is 1. The number of carbonyl (C=O) groups excluding carboxylic acids is 1. The van der Waals surface area contributed by atoms with E-state index in [9.17, 15) is 13.6 Å². The minimum atomic E-state index is -0.962. The van der Waals surface area contributed by atoms with Gasteiger partial charge in [-0.05, 0) is 12.1 Å². The van der Waals surface area contributed by atoms with Gasteiger partial charge in [0.15, 0.2) is 0 Å². The highest BCUT2D eigenvalue weighted by Gasteiger charge is 2.16. The molecule has 100 valence electrons. The van der Waals surface area contributed by atoms with Crippen molar-refractivity contribution in [2.75, 3.05) is 12.4 Å². The SMILES string of the molecule is COC(=O)c1cc(NCc2ccn[nH]2)c(F)cc1F. The highest BCUT2D eigenvalue weighted by atomic mass is 19.1. The Bertz CT molecular complexity index is 585. The lowest BCUT2D eigenvalue weighted by Crippen LogP contribution is -2.08. The fraction of sp³-hybridized carbons (Fsp3) is 0.167. The van der Waals surface area contributed by atoms with Gasteiger partial charge in [0, 0.05) is 12.3 Å². The molecule has 0 atom stereocenters. The fourth-order valence-electron chi connectivity index (χ4n) is 1.52. The summed E-state index contributed by atoms with van der Waals surface area (Å²) in [6, 6.07) is 3.42. The number of benzene rings is 1. The van der Waals surface area contributed by atoms with Crippen molar-refractivity contribution in [2.24, 2.45) is 0 Å². The van der Waals surface area contributed by atoms with Crippen LogP contribution in [0.3, 0.4) is 0 Å². The molecule has 1 aromatic carbocycles. The maximum Gasteiger partial charge on any atom is 0.340 e. The number of hydrogen-bond acceptors (Lipinski definition) is 4. The van der Waals surface area contributed by atoms with E-state index in [4.69, 9.17) is 0 Å². The third kappa shape index (κ3) is 2.87. The molecule has 0 amide bonds. The van der Waals surface area contributed by atoms with Crippen LogP contribution in [-0.4, -0.2) is 23.3 Å². The van der Waals surface area contributed by atoms with Crippen molar-refractivity contribution in [3.8, 4) is 0 Å². The largest absolute Gasteiger partial charge is 0.465 e. The highest BCUT2D eigenvalue weighted by Crippen LogP contribution is 2.20. The van der Waals surface area contributed by atoms with Crippen LogP contribution in [0.5, 0.6) is 0 Å². The lowest BCUT2D eigenvalue weighted by Gasteiger charge is -2.09. The number of aromatic nitrogens is 2. The number of H-pyrrole nitrogens is 1. The minimum Gasteiger partial charge on any atom is -0.465 e. The molecule has 0 saturated carbocycles. The first kappa shape index (κ1) is 13.0. The van der Waals surface area contributed by atoms with Gasteiger partial charge in [0.1, 0.15) is 11.6 Å². The molecule has 19 heavy (non-hydrogen) atoms. The standard InChI is InChI=1S/C12H11F2N3O2/c1-19-12(18)8-4-11(10(14)5-9(8)13)15-6-7-2-3-16-17-7/h2-5,15H,6H2,1H3,(H,16,17). The van der Waals surface area contributed by atoms with Crippen molar-refractivity contribution >= 4 is 11.7 Å². The molecule has 0 aliphatic rings. The van der Waals surface area contributed by atoms with Gasteiger partial charge in [-0.1, -0.05) is 0 Å². The van der Waals surface area contributed by atoms with Crippen molar-refractivity contribution in [3.05, 3.63) is 47.3 Å². The molecular weight excluding hydrogens is 256 g/mol. The summed E-state index contributed by atoms with van der Waals surface area (Å²) in [6.45, 7) is 0.267. The number of halogens is 2. The lowest BCUT2D eigenvalue weighted by atomic mass is 10.1. The molecule has 2 rings (SSSR count). The van der Waals surface area contributed by atoms with Crippen LogP contribution in [0.25, 0.3) is 0 Å². The number of hydrogen-bond donors (Lipinski definition) is 2. The fourth-order valence-corrected chi connectivity index (χ4v) is 1.52. The van der Waals surface area contributed by atoms with E-state index in [0.717, 1.165) is 18.9 Å². The second kappa shape index (κ2) is 5.47. The lowest BCUT2D eigenvalue weighted by molar-refractivity contribution is 0.0595. The molecule has 0 aliphatic carbocycles. The number of aromatic amines is 1. The molecule has 0 spiro atoms. The average Bonchev–Trinajstić information content (AvgIpc) is 2.90. The Balaban J connectivity index is 2.22. The van der Waals surface area contributed by atoms with Crippen molar-refractivity contribution in [2.45, 2.75) is 6.54 Å². The molecule has 0 radical (unpaired) electrons. The molecule has 0 fully saturated rings. The molecule has 5 nitrogen and oxygen atoms in total. The summed E-state index contributed by atoms with van der Waals surface area (Å²) in [4.78, 5) is 11.3. The van der Waals surface area contributed by atoms with Gasteiger partial charge in [-0.2, -0.15) is 5.10 Å². The van der Waals surface area contributed by atoms with Crippen molar-refractivity contribution < 1.29 is 18.3 Å². The topological polar surface area (TPSA) is 67.0 Å². The number of nitrogens with one attached hydrogen (secondary N) is 2. The second-order valence-electron chi connectivity index (χ2n) is 3.74. The molecule has 2 aromatic rings. The monoisotopic (exact) mass is 267 g/mol. The summed E-state index contributed by atoms with van der Waals surface area (Å²) in [5.74, 6) is -2.61.